The van der Waals surface area contributed by atoms with Gasteiger partial charge < -0.3 is 19.9 Å². The van der Waals surface area contributed by atoms with E-state index < -0.39 is 28.8 Å². The molecule has 30 heavy (non-hydrogen) atoms. The van der Waals surface area contributed by atoms with Gasteiger partial charge in [0.05, 0.1) is 5.02 Å². The van der Waals surface area contributed by atoms with Gasteiger partial charge in [0, 0.05) is 42.5 Å². The van der Waals surface area contributed by atoms with E-state index in [-0.39, 0.29) is 39.5 Å². The molecule has 1 atom stereocenters. The van der Waals surface area contributed by atoms with E-state index in [1.807, 2.05) is 0 Å². The van der Waals surface area contributed by atoms with E-state index >= 15 is 0 Å². The molecule has 0 bridgehead atoms. The molecule has 1 aromatic carbocycles. The van der Waals surface area contributed by atoms with Crippen molar-refractivity contribution < 1.29 is 19.1 Å². The summed E-state index contributed by atoms with van der Waals surface area (Å²) in [6.45, 7) is 0.649. The fraction of sp³-hybridized carbons (Fsp3) is 0.350. The van der Waals surface area contributed by atoms with Crippen molar-refractivity contribution in [1.82, 2.24) is 14.8 Å². The number of aromatic nitrogens is 1. The molecular weight excluding hydrogens is 436 g/mol. The number of hydrogen-bond donors (Lipinski definition) is 2. The summed E-state index contributed by atoms with van der Waals surface area (Å²) in [6.07, 6.45) is 3.93. The third-order valence-electron chi connectivity index (χ3n) is 5.56. The molecule has 0 spiro atoms. The van der Waals surface area contributed by atoms with Crippen molar-refractivity contribution in [1.29, 1.82) is 0 Å². The second kappa shape index (κ2) is 7.92. The van der Waals surface area contributed by atoms with Crippen molar-refractivity contribution in [2.24, 2.45) is 0 Å². The topological polar surface area (TPSA) is 91.6 Å². The van der Waals surface area contributed by atoms with Crippen LogP contribution in [0.5, 0.6) is 5.75 Å². The van der Waals surface area contributed by atoms with E-state index in [9.17, 15) is 23.9 Å². The predicted octanol–water partition coefficient (Wildman–Crippen LogP) is 2.94. The Kier molecular flexibility index (Phi) is 5.46. The summed E-state index contributed by atoms with van der Waals surface area (Å²) in [5.74, 6) is -2.76. The molecule has 0 aliphatic carbocycles. The molecule has 1 aromatic heterocycles. The van der Waals surface area contributed by atoms with Crippen molar-refractivity contribution in [3.63, 3.8) is 0 Å². The van der Waals surface area contributed by atoms with Gasteiger partial charge in [0.2, 0.25) is 5.43 Å². The lowest BCUT2D eigenvalue weighted by molar-refractivity contribution is 0.0504. The molecule has 2 N–H and O–H groups in total. The summed E-state index contributed by atoms with van der Waals surface area (Å²) in [5, 5.41) is 12.7. The van der Waals surface area contributed by atoms with E-state index in [1.54, 1.807) is 4.90 Å². The molecule has 2 aliphatic heterocycles. The van der Waals surface area contributed by atoms with Crippen LogP contribution in [0, 0.1) is 5.82 Å². The lowest BCUT2D eigenvalue weighted by atomic mass is 9.98. The second-order valence-electron chi connectivity index (χ2n) is 7.37. The maximum Gasteiger partial charge on any atom is 0.274 e. The van der Waals surface area contributed by atoms with Crippen molar-refractivity contribution in [2.45, 2.75) is 38.4 Å². The predicted molar refractivity (Wildman–Crippen MR) is 109 cm³/mol. The summed E-state index contributed by atoms with van der Waals surface area (Å²) in [6, 6.07) is 2.65. The monoisotopic (exact) mass is 453 g/mol. The van der Waals surface area contributed by atoms with Gasteiger partial charge in [-0.3, -0.25) is 14.4 Å². The van der Waals surface area contributed by atoms with Gasteiger partial charge in [-0.05, 0) is 31.4 Å². The lowest BCUT2D eigenvalue weighted by Gasteiger charge is -2.40. The minimum atomic E-state index is -0.958. The molecule has 3 heterocycles. The number of halogens is 3. The number of aromatic hydroxyl groups is 1. The van der Waals surface area contributed by atoms with E-state index in [0.717, 1.165) is 19.3 Å². The Morgan fingerprint density at radius 2 is 1.97 bits per heavy atom. The largest absolute Gasteiger partial charge is 0.503 e. The Hall–Kier alpha value is -2.58. The molecule has 158 valence electrons. The number of nitrogens with one attached hydrogen (secondary N) is 1. The molecule has 0 radical (unpaired) electrons. The van der Waals surface area contributed by atoms with Crippen molar-refractivity contribution in [2.75, 3.05) is 6.54 Å². The van der Waals surface area contributed by atoms with Gasteiger partial charge in [0.1, 0.15) is 11.4 Å². The molecule has 2 aromatic rings. The van der Waals surface area contributed by atoms with Crippen molar-refractivity contribution in [3.8, 4) is 5.75 Å². The number of rotatable bonds is 3. The van der Waals surface area contributed by atoms with Gasteiger partial charge in [0.25, 0.3) is 11.8 Å². The van der Waals surface area contributed by atoms with Crippen LogP contribution in [0.15, 0.2) is 23.1 Å². The number of amides is 2. The zero-order chi connectivity index (χ0) is 21.6. The van der Waals surface area contributed by atoms with Crippen LogP contribution < -0.4 is 10.7 Å². The van der Waals surface area contributed by atoms with Crippen LogP contribution in [-0.4, -0.2) is 39.0 Å². The number of benzene rings is 1. The van der Waals surface area contributed by atoms with Gasteiger partial charge in [-0.25, -0.2) is 4.39 Å². The SMILES string of the molecule is O=C(NCc1c(Cl)ccc(Cl)c1F)c1cn2c(c(O)c1=O)C(=O)N1CCCC[C@@H]1C2. The van der Waals surface area contributed by atoms with Gasteiger partial charge in [0.15, 0.2) is 11.4 Å². The molecule has 1 fully saturated rings. The molecule has 0 saturated carbocycles. The highest BCUT2D eigenvalue weighted by atomic mass is 35.5. The number of piperidine rings is 1. The summed E-state index contributed by atoms with van der Waals surface area (Å²) in [7, 11) is 0. The second-order valence-corrected chi connectivity index (χ2v) is 8.19. The number of carbonyl (C=O) groups excluding carboxylic acids is 2. The first-order valence-electron chi connectivity index (χ1n) is 9.47. The van der Waals surface area contributed by atoms with Gasteiger partial charge >= 0.3 is 0 Å². The van der Waals surface area contributed by atoms with Crippen LogP contribution in [0.3, 0.4) is 0 Å². The molecular formula is C20H18Cl2FN3O4. The highest BCUT2D eigenvalue weighted by molar-refractivity contribution is 6.33. The highest BCUT2D eigenvalue weighted by Gasteiger charge is 2.37. The Bertz CT molecular complexity index is 1120. The first kappa shape index (κ1) is 20.7. The quantitative estimate of drug-likeness (QED) is 0.698. The van der Waals surface area contributed by atoms with Crippen LogP contribution in [0.1, 0.15) is 45.7 Å². The molecule has 0 unspecified atom stereocenters. The standard InChI is InChI=1S/C20H18Cl2FN3O4/c21-13-4-5-14(22)15(23)11(13)7-24-19(29)12-9-25-8-10-3-1-2-6-26(10)20(30)16(25)18(28)17(12)27/h4-5,9-10,28H,1-3,6-8H2,(H,24,29)/t10-/m1/s1. The number of fused-ring (bicyclic) bond motifs is 2. The van der Waals surface area contributed by atoms with Gasteiger partial charge in [-0.15, -0.1) is 0 Å². The lowest BCUT2D eigenvalue weighted by Crippen LogP contribution is -2.51. The average molecular weight is 454 g/mol. The minimum absolute atomic E-state index is 0.0205. The van der Waals surface area contributed by atoms with Gasteiger partial charge in [-0.2, -0.15) is 0 Å². The van der Waals surface area contributed by atoms with Crippen molar-refractivity contribution in [3.05, 3.63) is 61.2 Å². The van der Waals surface area contributed by atoms with E-state index in [4.69, 9.17) is 23.2 Å². The molecule has 2 aliphatic rings. The van der Waals surface area contributed by atoms with E-state index in [1.165, 1.54) is 22.9 Å². The maximum absolute atomic E-state index is 14.2. The third-order valence-corrected chi connectivity index (χ3v) is 6.21. The first-order chi connectivity index (χ1) is 14.3. The molecule has 10 heteroatoms. The number of pyridine rings is 1. The summed E-state index contributed by atoms with van der Waals surface area (Å²) in [4.78, 5) is 39.6. The Balaban J connectivity index is 1.64. The molecule has 7 nitrogen and oxygen atoms in total. The number of carbonyl (C=O) groups is 2. The summed E-state index contributed by atoms with van der Waals surface area (Å²) in [5.41, 5.74) is -1.43. The van der Waals surface area contributed by atoms with Crippen LogP contribution >= 0.6 is 23.2 Å². The van der Waals surface area contributed by atoms with E-state index in [0.29, 0.717) is 13.1 Å². The van der Waals surface area contributed by atoms with Crippen molar-refractivity contribution >= 4 is 35.0 Å². The number of hydrogen-bond acceptors (Lipinski definition) is 4. The van der Waals surface area contributed by atoms with Crippen LogP contribution in [0.2, 0.25) is 10.0 Å². The van der Waals surface area contributed by atoms with E-state index in [2.05, 4.69) is 5.32 Å². The zero-order valence-electron chi connectivity index (χ0n) is 15.8. The molecule has 1 saturated heterocycles. The zero-order valence-corrected chi connectivity index (χ0v) is 17.3. The third kappa shape index (κ3) is 3.44. The summed E-state index contributed by atoms with van der Waals surface area (Å²) < 4.78 is 15.6. The summed E-state index contributed by atoms with van der Waals surface area (Å²) >= 11 is 11.7. The normalized spacial score (nSPS) is 18.0. The molecule has 2 amide bonds. The fourth-order valence-electron chi connectivity index (χ4n) is 4.00. The van der Waals surface area contributed by atoms with Crippen LogP contribution in [0.4, 0.5) is 4.39 Å². The van der Waals surface area contributed by atoms with Crippen LogP contribution in [0.25, 0.3) is 0 Å². The average Bonchev–Trinajstić information content (AvgIpc) is 2.73. The Morgan fingerprint density at radius 3 is 2.73 bits per heavy atom. The van der Waals surface area contributed by atoms with Crippen LogP contribution in [-0.2, 0) is 13.1 Å². The first-order valence-corrected chi connectivity index (χ1v) is 10.2. The maximum atomic E-state index is 14.2. The minimum Gasteiger partial charge on any atom is -0.503 e. The smallest absolute Gasteiger partial charge is 0.274 e. The Labute approximate surface area is 181 Å². The molecule has 4 rings (SSSR count). The fourth-order valence-corrected chi connectivity index (χ4v) is 4.39. The van der Waals surface area contributed by atoms with Gasteiger partial charge in [-0.1, -0.05) is 23.2 Å². The number of nitrogens with zero attached hydrogens (tertiary/aromatic N) is 2. The Morgan fingerprint density at radius 1 is 1.23 bits per heavy atom. The highest BCUT2D eigenvalue weighted by Crippen LogP contribution is 2.29.